The number of hydrogen-bond donors (Lipinski definition) is 0. The maximum absolute atomic E-state index is 12.5. The van der Waals surface area contributed by atoms with Gasteiger partial charge in [0, 0.05) is 18.8 Å². The Labute approximate surface area is 195 Å². The lowest BCUT2D eigenvalue weighted by Gasteiger charge is -2.26. The third-order valence-corrected chi connectivity index (χ3v) is 5.56. The van der Waals surface area contributed by atoms with E-state index in [4.69, 9.17) is 9.47 Å². The third-order valence-electron chi connectivity index (χ3n) is 5.56. The van der Waals surface area contributed by atoms with E-state index < -0.39 is 0 Å². The molecular formula is C29H27NO3. The van der Waals surface area contributed by atoms with Gasteiger partial charge in [-0.1, -0.05) is 72.8 Å². The number of ether oxygens (including phenoxy) is 2. The van der Waals surface area contributed by atoms with Crippen LogP contribution in [0.15, 0.2) is 103 Å². The predicted molar refractivity (Wildman–Crippen MR) is 133 cm³/mol. The molecule has 0 aliphatic rings. The number of anilines is 1. The average molecular weight is 438 g/mol. The van der Waals surface area contributed by atoms with E-state index in [1.165, 1.54) is 18.2 Å². The van der Waals surface area contributed by atoms with Gasteiger partial charge in [-0.3, -0.25) is 0 Å². The van der Waals surface area contributed by atoms with Crippen LogP contribution in [-0.2, 0) is 17.8 Å². The van der Waals surface area contributed by atoms with Gasteiger partial charge in [0.05, 0.1) is 19.8 Å². The average Bonchev–Trinajstić information content (AvgIpc) is 2.89. The Morgan fingerprint density at radius 2 is 1.27 bits per heavy atom. The van der Waals surface area contributed by atoms with Crippen molar-refractivity contribution in [2.75, 3.05) is 19.1 Å². The van der Waals surface area contributed by atoms with Crippen molar-refractivity contribution in [1.29, 1.82) is 0 Å². The summed E-state index contributed by atoms with van der Waals surface area (Å²) in [5.41, 5.74) is 5.82. The quantitative estimate of drug-likeness (QED) is 0.301. The highest BCUT2D eigenvalue weighted by Crippen LogP contribution is 2.30. The minimum atomic E-state index is -0.356. The summed E-state index contributed by atoms with van der Waals surface area (Å²) >= 11 is 0. The van der Waals surface area contributed by atoms with Gasteiger partial charge in [-0.05, 0) is 52.6 Å². The van der Waals surface area contributed by atoms with Crippen molar-refractivity contribution in [2.45, 2.75) is 13.1 Å². The Kier molecular flexibility index (Phi) is 7.06. The van der Waals surface area contributed by atoms with Crippen LogP contribution < -0.4 is 9.64 Å². The molecule has 0 spiro atoms. The lowest BCUT2D eigenvalue weighted by Crippen LogP contribution is -2.22. The van der Waals surface area contributed by atoms with Gasteiger partial charge in [-0.15, -0.1) is 0 Å². The van der Waals surface area contributed by atoms with Gasteiger partial charge in [-0.25, -0.2) is 4.79 Å². The molecule has 0 aliphatic heterocycles. The van der Waals surface area contributed by atoms with E-state index in [0.29, 0.717) is 18.7 Å². The lowest BCUT2D eigenvalue weighted by molar-refractivity contribution is 0.0601. The second-order valence-corrected chi connectivity index (χ2v) is 7.82. The van der Waals surface area contributed by atoms with Gasteiger partial charge < -0.3 is 14.4 Å². The molecule has 166 valence electrons. The summed E-state index contributed by atoms with van der Waals surface area (Å²) in [5.74, 6) is 0.434. The highest BCUT2D eigenvalue weighted by Gasteiger charge is 2.15. The molecule has 33 heavy (non-hydrogen) atoms. The van der Waals surface area contributed by atoms with Gasteiger partial charge in [0.1, 0.15) is 5.75 Å². The Balaban J connectivity index is 1.78. The maximum Gasteiger partial charge on any atom is 0.337 e. The zero-order chi connectivity index (χ0) is 23.0. The zero-order valence-electron chi connectivity index (χ0n) is 18.9. The van der Waals surface area contributed by atoms with Crippen LogP contribution in [-0.4, -0.2) is 20.2 Å². The monoisotopic (exact) mass is 437 g/mol. The molecule has 4 rings (SSSR count). The number of rotatable bonds is 8. The molecular weight excluding hydrogens is 410 g/mol. The van der Waals surface area contributed by atoms with Crippen molar-refractivity contribution >= 4 is 11.7 Å². The molecule has 0 aliphatic carbocycles. The molecule has 0 N–H and O–H groups in total. The Hall–Kier alpha value is -4.05. The summed E-state index contributed by atoms with van der Waals surface area (Å²) in [5, 5.41) is 0. The van der Waals surface area contributed by atoms with Gasteiger partial charge in [0.15, 0.2) is 0 Å². The first-order valence-corrected chi connectivity index (χ1v) is 10.9. The normalized spacial score (nSPS) is 10.5. The number of benzene rings is 4. The third kappa shape index (κ3) is 5.60. The molecule has 0 saturated heterocycles. The first-order valence-electron chi connectivity index (χ1n) is 10.9. The fourth-order valence-corrected chi connectivity index (χ4v) is 3.83. The van der Waals surface area contributed by atoms with E-state index in [1.807, 2.05) is 72.8 Å². The van der Waals surface area contributed by atoms with Crippen LogP contribution in [0.5, 0.6) is 5.75 Å². The highest BCUT2D eigenvalue weighted by molar-refractivity contribution is 5.92. The van der Waals surface area contributed by atoms with Crippen LogP contribution >= 0.6 is 0 Å². The summed E-state index contributed by atoms with van der Waals surface area (Å²) in [6.45, 7) is 1.42. The molecule has 0 heterocycles. The second-order valence-electron chi connectivity index (χ2n) is 7.82. The molecule has 4 aromatic rings. The molecule has 0 radical (unpaired) electrons. The number of carbonyl (C=O) groups is 1. The van der Waals surface area contributed by atoms with Gasteiger partial charge in [0.25, 0.3) is 0 Å². The molecule has 4 aromatic carbocycles. The van der Waals surface area contributed by atoms with Crippen molar-refractivity contribution in [3.63, 3.8) is 0 Å². The van der Waals surface area contributed by atoms with E-state index in [2.05, 4.69) is 35.2 Å². The maximum atomic E-state index is 12.5. The highest BCUT2D eigenvalue weighted by atomic mass is 16.5. The van der Waals surface area contributed by atoms with Crippen LogP contribution in [0.25, 0.3) is 11.1 Å². The van der Waals surface area contributed by atoms with Crippen LogP contribution in [0.4, 0.5) is 5.69 Å². The fraction of sp³-hybridized carbons (Fsp3) is 0.138. The summed E-state index contributed by atoms with van der Waals surface area (Å²) in [7, 11) is 3.06. The van der Waals surface area contributed by atoms with Gasteiger partial charge in [-0.2, -0.15) is 0 Å². The Bertz CT molecular complexity index is 1150. The van der Waals surface area contributed by atoms with E-state index in [0.717, 1.165) is 22.6 Å². The summed E-state index contributed by atoms with van der Waals surface area (Å²) < 4.78 is 10.4. The predicted octanol–water partition coefficient (Wildman–Crippen LogP) is 6.36. The fourth-order valence-electron chi connectivity index (χ4n) is 3.83. The number of nitrogens with zero attached hydrogens (tertiary/aromatic N) is 1. The first kappa shape index (κ1) is 22.2. The van der Waals surface area contributed by atoms with E-state index in [1.54, 1.807) is 7.11 Å². The minimum absolute atomic E-state index is 0.356. The Morgan fingerprint density at radius 3 is 1.79 bits per heavy atom. The van der Waals surface area contributed by atoms with Crippen molar-refractivity contribution in [1.82, 2.24) is 0 Å². The van der Waals surface area contributed by atoms with Crippen LogP contribution in [0, 0.1) is 0 Å². The van der Waals surface area contributed by atoms with E-state index in [-0.39, 0.29) is 5.97 Å². The number of esters is 1. The van der Waals surface area contributed by atoms with Crippen molar-refractivity contribution in [3.05, 3.63) is 120 Å². The van der Waals surface area contributed by atoms with Crippen molar-refractivity contribution in [3.8, 4) is 16.9 Å². The molecule has 0 unspecified atom stereocenters. The molecule has 0 fully saturated rings. The number of carbonyl (C=O) groups excluding carboxylic acids is 1. The van der Waals surface area contributed by atoms with E-state index >= 15 is 0 Å². The van der Waals surface area contributed by atoms with Gasteiger partial charge >= 0.3 is 5.97 Å². The van der Waals surface area contributed by atoms with E-state index in [9.17, 15) is 4.79 Å². The van der Waals surface area contributed by atoms with Gasteiger partial charge in [0.2, 0.25) is 0 Å². The van der Waals surface area contributed by atoms with Crippen molar-refractivity contribution < 1.29 is 14.3 Å². The minimum Gasteiger partial charge on any atom is -0.497 e. The Morgan fingerprint density at radius 1 is 0.697 bits per heavy atom. The summed E-state index contributed by atoms with van der Waals surface area (Å²) in [6.07, 6.45) is 0. The van der Waals surface area contributed by atoms with Crippen molar-refractivity contribution in [2.24, 2.45) is 0 Å². The smallest absolute Gasteiger partial charge is 0.337 e. The van der Waals surface area contributed by atoms with Crippen LogP contribution in [0.2, 0.25) is 0 Å². The second kappa shape index (κ2) is 10.5. The molecule has 0 saturated carbocycles. The topological polar surface area (TPSA) is 38.8 Å². The van der Waals surface area contributed by atoms with Crippen LogP contribution in [0.3, 0.4) is 0 Å². The molecule has 0 aromatic heterocycles. The number of methoxy groups -OCH3 is 2. The lowest BCUT2D eigenvalue weighted by atomic mass is 10.0. The van der Waals surface area contributed by atoms with Crippen LogP contribution in [0.1, 0.15) is 21.5 Å². The standard InChI is InChI=1S/C29H27NO3/c1-32-28-15-13-24(14-16-28)25-17-26(29(31)33-2)19-27(18-25)30(20-22-9-5-3-6-10-22)21-23-11-7-4-8-12-23/h3-19H,20-21H2,1-2H3. The molecule has 0 bridgehead atoms. The SMILES string of the molecule is COC(=O)c1cc(-c2ccc(OC)cc2)cc(N(Cc2ccccc2)Cc2ccccc2)c1. The zero-order valence-corrected chi connectivity index (χ0v) is 18.9. The molecule has 4 heteroatoms. The summed E-state index contributed by atoms with van der Waals surface area (Å²) in [4.78, 5) is 14.8. The number of hydrogen-bond acceptors (Lipinski definition) is 4. The molecule has 0 atom stereocenters. The molecule has 0 amide bonds. The first-order chi connectivity index (χ1) is 16.2. The summed E-state index contributed by atoms with van der Waals surface area (Å²) in [6, 6.07) is 34.4. The molecule has 4 nitrogen and oxygen atoms in total. The largest absolute Gasteiger partial charge is 0.497 e.